The fourth-order valence-electron chi connectivity index (χ4n) is 2.49. The quantitative estimate of drug-likeness (QED) is 0.164. The Morgan fingerprint density at radius 2 is 1.43 bits per heavy atom. The van der Waals surface area contributed by atoms with Crippen LogP contribution in [-0.4, -0.2) is 64.6 Å². The van der Waals surface area contributed by atoms with Crippen molar-refractivity contribution in [1.29, 1.82) is 0 Å². The molecule has 30 heavy (non-hydrogen) atoms. The summed E-state index contributed by atoms with van der Waals surface area (Å²) in [7, 11) is 0. The fraction of sp³-hybridized carbons (Fsp3) is 0.722. The van der Waals surface area contributed by atoms with Crippen LogP contribution in [-0.2, 0) is 24.0 Å². The van der Waals surface area contributed by atoms with Gasteiger partial charge in [-0.05, 0) is 11.8 Å². The molecule has 172 valence electrons. The number of hydrogen-bond donors (Lipinski definition) is 7. The first-order valence-electron chi connectivity index (χ1n) is 9.64. The first kappa shape index (κ1) is 27.7. The Bertz CT molecular complexity index is 645. The number of carboxylic acids is 1. The Hall–Kier alpha value is -2.34. The van der Waals surface area contributed by atoms with Gasteiger partial charge in [0.25, 0.3) is 0 Å². The van der Waals surface area contributed by atoms with Gasteiger partial charge in [-0.3, -0.25) is 19.2 Å². The second-order valence-electron chi connectivity index (χ2n) is 7.46. The Labute approximate surface area is 181 Å². The molecule has 0 saturated carbocycles. The number of nitrogens with two attached hydrogens (primary N) is 2. The second kappa shape index (κ2) is 13.1. The molecule has 11 nitrogen and oxygen atoms in total. The van der Waals surface area contributed by atoms with E-state index in [4.69, 9.17) is 16.6 Å². The summed E-state index contributed by atoms with van der Waals surface area (Å²) in [6.45, 7) is 6.90. The maximum absolute atomic E-state index is 12.9. The van der Waals surface area contributed by atoms with E-state index >= 15 is 0 Å². The Kier molecular flexibility index (Phi) is 12.0. The molecule has 4 amide bonds. The van der Waals surface area contributed by atoms with Crippen molar-refractivity contribution in [2.75, 3.05) is 5.75 Å². The molecule has 0 aromatic rings. The number of hydrogen-bond acceptors (Lipinski definition) is 7. The monoisotopic (exact) mass is 447 g/mol. The third kappa shape index (κ3) is 8.99. The molecule has 0 aliphatic heterocycles. The van der Waals surface area contributed by atoms with Gasteiger partial charge in [0.05, 0.1) is 12.5 Å². The van der Waals surface area contributed by atoms with E-state index in [0.717, 1.165) is 0 Å². The summed E-state index contributed by atoms with van der Waals surface area (Å²) in [5.41, 5.74) is 10.7. The lowest BCUT2D eigenvalue weighted by Gasteiger charge is -2.29. The van der Waals surface area contributed by atoms with Gasteiger partial charge in [-0.2, -0.15) is 12.6 Å². The van der Waals surface area contributed by atoms with Crippen molar-refractivity contribution in [1.82, 2.24) is 16.0 Å². The lowest BCUT2D eigenvalue weighted by Crippen LogP contribution is -2.60. The van der Waals surface area contributed by atoms with Gasteiger partial charge >= 0.3 is 5.97 Å². The summed E-state index contributed by atoms with van der Waals surface area (Å²) < 4.78 is 0. The van der Waals surface area contributed by atoms with E-state index in [2.05, 4.69) is 28.6 Å². The predicted molar refractivity (Wildman–Crippen MR) is 113 cm³/mol. The molecule has 0 aliphatic carbocycles. The lowest BCUT2D eigenvalue weighted by atomic mass is 9.96. The van der Waals surface area contributed by atoms with Crippen molar-refractivity contribution in [3.05, 3.63) is 0 Å². The van der Waals surface area contributed by atoms with Crippen LogP contribution in [0.5, 0.6) is 0 Å². The van der Waals surface area contributed by atoms with E-state index in [1.165, 1.54) is 0 Å². The maximum Gasteiger partial charge on any atom is 0.326 e. The van der Waals surface area contributed by atoms with Crippen molar-refractivity contribution < 1.29 is 29.1 Å². The van der Waals surface area contributed by atoms with E-state index in [9.17, 15) is 24.0 Å². The number of nitrogens with one attached hydrogen (secondary N) is 3. The first-order chi connectivity index (χ1) is 13.8. The first-order valence-corrected chi connectivity index (χ1v) is 10.3. The van der Waals surface area contributed by atoms with Crippen molar-refractivity contribution in [3.63, 3.8) is 0 Å². The maximum atomic E-state index is 12.9. The minimum Gasteiger partial charge on any atom is -0.480 e. The van der Waals surface area contributed by atoms with Gasteiger partial charge < -0.3 is 32.5 Å². The molecule has 5 unspecified atom stereocenters. The van der Waals surface area contributed by atoms with Crippen LogP contribution in [0.1, 0.15) is 40.5 Å². The van der Waals surface area contributed by atoms with Crippen molar-refractivity contribution >= 4 is 42.2 Å². The molecule has 0 spiro atoms. The van der Waals surface area contributed by atoms with Gasteiger partial charge in [-0.15, -0.1) is 0 Å². The zero-order chi connectivity index (χ0) is 23.6. The van der Waals surface area contributed by atoms with Crippen LogP contribution >= 0.6 is 12.6 Å². The molecule has 8 N–H and O–H groups in total. The van der Waals surface area contributed by atoms with Crippen LogP contribution < -0.4 is 27.4 Å². The van der Waals surface area contributed by atoms with Gasteiger partial charge in [-0.1, -0.05) is 34.1 Å². The number of carboxylic acid groups (broad SMARTS) is 1. The van der Waals surface area contributed by atoms with Crippen molar-refractivity contribution in [2.45, 2.75) is 64.7 Å². The van der Waals surface area contributed by atoms with E-state index in [1.807, 2.05) is 6.92 Å². The van der Waals surface area contributed by atoms with E-state index in [1.54, 1.807) is 20.8 Å². The fourth-order valence-corrected chi connectivity index (χ4v) is 2.65. The van der Waals surface area contributed by atoms with Gasteiger partial charge in [0.15, 0.2) is 0 Å². The van der Waals surface area contributed by atoms with Gasteiger partial charge in [0.2, 0.25) is 23.6 Å². The predicted octanol–water partition coefficient (Wildman–Crippen LogP) is -1.64. The highest BCUT2D eigenvalue weighted by Gasteiger charge is 2.33. The van der Waals surface area contributed by atoms with Crippen LogP contribution in [0.25, 0.3) is 0 Å². The van der Waals surface area contributed by atoms with Crippen LogP contribution in [0.15, 0.2) is 0 Å². The van der Waals surface area contributed by atoms with E-state index in [-0.39, 0.29) is 11.7 Å². The minimum atomic E-state index is -1.52. The van der Waals surface area contributed by atoms with Crippen molar-refractivity contribution in [2.24, 2.45) is 23.3 Å². The highest BCUT2D eigenvalue weighted by atomic mass is 32.1. The number of carbonyl (C=O) groups is 5. The smallest absolute Gasteiger partial charge is 0.326 e. The van der Waals surface area contributed by atoms with E-state index < -0.39 is 66.1 Å². The summed E-state index contributed by atoms with van der Waals surface area (Å²) >= 11 is 3.96. The molecule has 0 aromatic carbocycles. The highest BCUT2D eigenvalue weighted by Crippen LogP contribution is 2.11. The Morgan fingerprint density at radius 1 is 0.933 bits per heavy atom. The van der Waals surface area contributed by atoms with Crippen LogP contribution in [0.4, 0.5) is 0 Å². The number of rotatable bonds is 13. The topological polar surface area (TPSA) is 194 Å². The van der Waals surface area contributed by atoms with E-state index in [0.29, 0.717) is 6.42 Å². The molecule has 0 saturated heterocycles. The van der Waals surface area contributed by atoms with Crippen molar-refractivity contribution in [3.8, 4) is 0 Å². The van der Waals surface area contributed by atoms with Crippen LogP contribution in [0.2, 0.25) is 0 Å². The summed E-state index contributed by atoms with van der Waals surface area (Å²) in [6, 6.07) is -4.48. The second-order valence-corrected chi connectivity index (χ2v) is 7.83. The molecular formula is C18H33N5O6S. The number of primary amides is 1. The lowest BCUT2D eigenvalue weighted by molar-refractivity contribution is -0.144. The van der Waals surface area contributed by atoms with Crippen LogP contribution in [0, 0.1) is 11.8 Å². The zero-order valence-corrected chi connectivity index (χ0v) is 18.6. The molecule has 12 heteroatoms. The van der Waals surface area contributed by atoms with Gasteiger partial charge in [0.1, 0.15) is 18.1 Å². The number of thiol groups is 1. The largest absolute Gasteiger partial charge is 0.480 e. The average molecular weight is 448 g/mol. The molecule has 0 aliphatic rings. The Balaban J connectivity index is 5.46. The number of amides is 4. The van der Waals surface area contributed by atoms with Gasteiger partial charge in [0, 0.05) is 5.75 Å². The SMILES string of the molecule is CCC(C)C(NC(=O)C(N)CS)C(=O)NC(C(=O)NC(CC(N)=O)C(=O)O)C(C)C. The van der Waals surface area contributed by atoms with Crippen LogP contribution in [0.3, 0.4) is 0 Å². The molecule has 0 radical (unpaired) electrons. The standard InChI is InChI=1S/C18H33N5O6S/c1-5-9(4)14(23-15(25)10(19)7-30)17(27)22-13(8(2)3)16(26)21-11(18(28)29)6-12(20)24/h8-11,13-14,30H,5-7,19H2,1-4H3,(H2,20,24)(H,21,26)(H,22,27)(H,23,25)(H,28,29). The third-order valence-electron chi connectivity index (χ3n) is 4.59. The third-order valence-corrected chi connectivity index (χ3v) is 4.99. The summed E-state index contributed by atoms with van der Waals surface area (Å²) in [4.78, 5) is 59.9. The number of carbonyl (C=O) groups excluding carboxylic acids is 4. The molecule has 0 heterocycles. The molecule has 0 fully saturated rings. The zero-order valence-electron chi connectivity index (χ0n) is 17.7. The minimum absolute atomic E-state index is 0.0914. The molecule has 0 rings (SSSR count). The molecule has 0 aromatic heterocycles. The molecule has 0 bridgehead atoms. The number of aliphatic carboxylic acids is 1. The summed E-state index contributed by atoms with van der Waals surface area (Å²) in [5, 5.41) is 16.5. The normalized spacial score (nSPS) is 16.0. The molecular weight excluding hydrogens is 414 g/mol. The van der Waals surface area contributed by atoms with Gasteiger partial charge in [-0.25, -0.2) is 4.79 Å². The average Bonchev–Trinajstić information content (AvgIpc) is 2.66. The molecule has 5 atom stereocenters. The summed E-state index contributed by atoms with van der Waals surface area (Å²) in [6.07, 6.45) is -0.0281. The Morgan fingerprint density at radius 3 is 1.83 bits per heavy atom. The summed E-state index contributed by atoms with van der Waals surface area (Å²) in [5.74, 6) is -4.86. The highest BCUT2D eigenvalue weighted by molar-refractivity contribution is 7.80.